The number of esters is 1. The largest absolute Gasteiger partial charge is 0.466 e. The van der Waals surface area contributed by atoms with E-state index in [1.54, 1.807) is 24.0 Å². The number of imidazole rings is 2. The van der Waals surface area contributed by atoms with Crippen LogP contribution in [0.3, 0.4) is 0 Å². The standard InChI is InChI=1S/C14H19N5O4/c1-12-16-13(19(21)22)10-18(12)7-4-14(20)23-9-3-2-6-17-8-5-15-11-17/h5,8,10-11H,2-4,6-7,9H2,1H3. The number of nitro groups is 1. The van der Waals surface area contributed by atoms with Crippen molar-refractivity contribution in [1.29, 1.82) is 0 Å². The van der Waals surface area contributed by atoms with Crippen LogP contribution < -0.4 is 0 Å². The van der Waals surface area contributed by atoms with Gasteiger partial charge in [0.15, 0.2) is 0 Å². The number of carbonyl (C=O) groups is 1. The third-order valence-electron chi connectivity index (χ3n) is 3.34. The summed E-state index contributed by atoms with van der Waals surface area (Å²) in [6, 6.07) is 0. The number of hydrogen-bond donors (Lipinski definition) is 0. The molecule has 0 aromatic carbocycles. The molecular formula is C14H19N5O4. The van der Waals surface area contributed by atoms with E-state index in [4.69, 9.17) is 4.74 Å². The molecule has 124 valence electrons. The van der Waals surface area contributed by atoms with Crippen LogP contribution in [0.5, 0.6) is 0 Å². The van der Waals surface area contributed by atoms with Gasteiger partial charge in [0.2, 0.25) is 5.82 Å². The Morgan fingerprint density at radius 3 is 2.87 bits per heavy atom. The molecule has 2 rings (SSSR count). The zero-order valence-electron chi connectivity index (χ0n) is 12.9. The molecule has 0 aliphatic carbocycles. The Morgan fingerprint density at radius 1 is 1.39 bits per heavy atom. The minimum absolute atomic E-state index is 0.163. The molecule has 0 saturated heterocycles. The molecule has 0 fully saturated rings. The van der Waals surface area contributed by atoms with Crippen molar-refractivity contribution < 1.29 is 14.5 Å². The molecule has 2 aromatic rings. The highest BCUT2D eigenvalue weighted by molar-refractivity contribution is 5.69. The lowest BCUT2D eigenvalue weighted by Gasteiger charge is -2.06. The maximum atomic E-state index is 11.7. The van der Waals surface area contributed by atoms with E-state index in [2.05, 4.69) is 9.97 Å². The van der Waals surface area contributed by atoms with Gasteiger partial charge in [-0.05, 0) is 22.7 Å². The summed E-state index contributed by atoms with van der Waals surface area (Å²) in [6.07, 6.45) is 8.53. The lowest BCUT2D eigenvalue weighted by molar-refractivity contribution is -0.389. The van der Waals surface area contributed by atoms with Crippen LogP contribution in [0.4, 0.5) is 5.82 Å². The van der Waals surface area contributed by atoms with E-state index >= 15 is 0 Å². The number of aryl methyl sites for hydroxylation is 3. The zero-order chi connectivity index (χ0) is 16.7. The van der Waals surface area contributed by atoms with Crippen LogP contribution in [-0.2, 0) is 22.6 Å². The first-order chi connectivity index (χ1) is 11.1. The minimum Gasteiger partial charge on any atom is -0.466 e. The van der Waals surface area contributed by atoms with Gasteiger partial charge in [0.1, 0.15) is 6.20 Å². The van der Waals surface area contributed by atoms with E-state index in [1.165, 1.54) is 6.20 Å². The van der Waals surface area contributed by atoms with Crippen LogP contribution in [0.25, 0.3) is 0 Å². The van der Waals surface area contributed by atoms with Gasteiger partial charge < -0.3 is 24.0 Å². The molecule has 23 heavy (non-hydrogen) atoms. The first-order valence-electron chi connectivity index (χ1n) is 7.36. The maximum Gasteiger partial charge on any atom is 0.381 e. The Morgan fingerprint density at radius 2 is 2.22 bits per heavy atom. The second kappa shape index (κ2) is 8.06. The van der Waals surface area contributed by atoms with E-state index in [-0.39, 0.29) is 18.2 Å². The summed E-state index contributed by atoms with van der Waals surface area (Å²) < 4.78 is 8.70. The fraction of sp³-hybridized carbons (Fsp3) is 0.500. The zero-order valence-corrected chi connectivity index (χ0v) is 12.9. The van der Waals surface area contributed by atoms with E-state index in [0.717, 1.165) is 19.4 Å². The van der Waals surface area contributed by atoms with E-state index in [9.17, 15) is 14.9 Å². The third kappa shape index (κ3) is 5.20. The highest BCUT2D eigenvalue weighted by atomic mass is 16.6. The Kier molecular flexibility index (Phi) is 5.84. The highest BCUT2D eigenvalue weighted by Gasteiger charge is 2.15. The Labute approximate surface area is 133 Å². The quantitative estimate of drug-likeness (QED) is 0.301. The molecule has 0 N–H and O–H groups in total. The lowest BCUT2D eigenvalue weighted by atomic mass is 10.3. The number of unbranched alkanes of at least 4 members (excludes halogenated alkanes) is 1. The molecule has 0 aliphatic heterocycles. The second-order valence-corrected chi connectivity index (χ2v) is 5.07. The van der Waals surface area contributed by atoms with Crippen molar-refractivity contribution in [2.24, 2.45) is 0 Å². The first-order valence-corrected chi connectivity index (χ1v) is 7.36. The number of nitrogens with zero attached hydrogens (tertiary/aromatic N) is 5. The molecular weight excluding hydrogens is 302 g/mol. The maximum absolute atomic E-state index is 11.7. The molecule has 0 unspecified atom stereocenters. The summed E-state index contributed by atoms with van der Waals surface area (Å²) in [5.74, 6) is -0.0245. The van der Waals surface area contributed by atoms with Crippen molar-refractivity contribution >= 4 is 11.8 Å². The van der Waals surface area contributed by atoms with Gasteiger partial charge in [-0.15, -0.1) is 0 Å². The van der Waals surface area contributed by atoms with Crippen LogP contribution in [-0.4, -0.2) is 36.6 Å². The normalized spacial score (nSPS) is 10.7. The predicted molar refractivity (Wildman–Crippen MR) is 80.7 cm³/mol. The smallest absolute Gasteiger partial charge is 0.381 e. The lowest BCUT2D eigenvalue weighted by Crippen LogP contribution is -2.10. The van der Waals surface area contributed by atoms with Crippen molar-refractivity contribution in [1.82, 2.24) is 19.1 Å². The summed E-state index contributed by atoms with van der Waals surface area (Å²) in [5.41, 5.74) is 0. The number of aromatic nitrogens is 4. The number of hydrogen-bond acceptors (Lipinski definition) is 6. The number of rotatable bonds is 9. The van der Waals surface area contributed by atoms with Crippen molar-refractivity contribution in [3.8, 4) is 0 Å². The van der Waals surface area contributed by atoms with Gasteiger partial charge in [-0.3, -0.25) is 4.79 Å². The summed E-state index contributed by atoms with van der Waals surface area (Å²) >= 11 is 0. The molecule has 0 aliphatic rings. The van der Waals surface area contributed by atoms with Gasteiger partial charge in [0.05, 0.1) is 19.4 Å². The molecule has 0 bridgehead atoms. The monoisotopic (exact) mass is 321 g/mol. The molecule has 0 spiro atoms. The predicted octanol–water partition coefficient (Wildman–Crippen LogP) is 1.71. The van der Waals surface area contributed by atoms with Crippen molar-refractivity contribution in [3.63, 3.8) is 0 Å². The van der Waals surface area contributed by atoms with Crippen LogP contribution in [0.15, 0.2) is 24.9 Å². The number of carbonyl (C=O) groups excluding carboxylic acids is 1. The molecule has 0 amide bonds. The fourth-order valence-corrected chi connectivity index (χ4v) is 2.09. The van der Waals surface area contributed by atoms with Crippen molar-refractivity contribution in [3.05, 3.63) is 40.9 Å². The fourth-order valence-electron chi connectivity index (χ4n) is 2.09. The van der Waals surface area contributed by atoms with Gasteiger partial charge >= 0.3 is 11.8 Å². The summed E-state index contributed by atoms with van der Waals surface area (Å²) in [7, 11) is 0. The van der Waals surface area contributed by atoms with E-state index in [0.29, 0.717) is 19.0 Å². The summed E-state index contributed by atoms with van der Waals surface area (Å²) in [4.78, 5) is 29.5. The molecule has 2 heterocycles. The van der Waals surface area contributed by atoms with Crippen LogP contribution in [0, 0.1) is 17.0 Å². The average molecular weight is 321 g/mol. The first kappa shape index (κ1) is 16.7. The molecule has 0 saturated carbocycles. The second-order valence-electron chi connectivity index (χ2n) is 5.07. The highest BCUT2D eigenvalue weighted by Crippen LogP contribution is 2.11. The van der Waals surface area contributed by atoms with Crippen molar-refractivity contribution in [2.75, 3.05) is 6.61 Å². The molecule has 0 radical (unpaired) electrons. The summed E-state index contributed by atoms with van der Waals surface area (Å²) in [6.45, 7) is 3.20. The Balaban J connectivity index is 1.62. The van der Waals surface area contributed by atoms with Gasteiger partial charge in [-0.1, -0.05) is 0 Å². The topological polar surface area (TPSA) is 105 Å². The SMILES string of the molecule is Cc1nc([N+](=O)[O-])cn1CCC(=O)OCCCCn1ccnc1. The minimum atomic E-state index is -0.553. The number of ether oxygens (including phenoxy) is 1. The Hall–Kier alpha value is -2.71. The molecule has 0 atom stereocenters. The van der Waals surface area contributed by atoms with Gasteiger partial charge in [0.25, 0.3) is 0 Å². The molecule has 9 heteroatoms. The van der Waals surface area contributed by atoms with Crippen LogP contribution in [0.1, 0.15) is 25.1 Å². The van der Waals surface area contributed by atoms with Gasteiger partial charge in [0, 0.05) is 32.4 Å². The average Bonchev–Trinajstić information content (AvgIpc) is 3.14. The van der Waals surface area contributed by atoms with E-state index < -0.39 is 4.92 Å². The van der Waals surface area contributed by atoms with Crippen LogP contribution >= 0.6 is 0 Å². The molecule has 2 aromatic heterocycles. The van der Waals surface area contributed by atoms with Gasteiger partial charge in [-0.2, -0.15) is 0 Å². The van der Waals surface area contributed by atoms with E-state index in [1.807, 2.05) is 10.8 Å². The summed E-state index contributed by atoms with van der Waals surface area (Å²) in [5, 5.41) is 10.6. The third-order valence-corrected chi connectivity index (χ3v) is 3.34. The Bertz CT molecular complexity index is 650. The van der Waals surface area contributed by atoms with Gasteiger partial charge in [-0.25, -0.2) is 4.98 Å². The molecule has 9 nitrogen and oxygen atoms in total. The van der Waals surface area contributed by atoms with Crippen LogP contribution in [0.2, 0.25) is 0 Å². The van der Waals surface area contributed by atoms with Crippen molar-refractivity contribution in [2.45, 2.75) is 39.3 Å².